The van der Waals surface area contributed by atoms with Gasteiger partial charge in [-0.1, -0.05) is 12.1 Å². The smallest absolute Gasteiger partial charge is 0.284 e. The number of halogens is 1. The van der Waals surface area contributed by atoms with Crippen LogP contribution in [0.1, 0.15) is 26.3 Å². The molecule has 0 amide bonds. The number of fused-ring (bicyclic) bond motifs is 3. The largest absolute Gasteiger partial charge is 0.289 e. The van der Waals surface area contributed by atoms with E-state index in [-0.39, 0.29) is 27.8 Å². The van der Waals surface area contributed by atoms with E-state index in [4.69, 9.17) is 11.6 Å². The van der Waals surface area contributed by atoms with Crippen LogP contribution in [0.5, 0.6) is 0 Å². The lowest BCUT2D eigenvalue weighted by Crippen LogP contribution is -2.03. The Morgan fingerprint density at radius 1 is 1.00 bits per heavy atom. The molecule has 23 heavy (non-hydrogen) atoms. The number of benzene rings is 2. The van der Waals surface area contributed by atoms with E-state index in [1.807, 2.05) is 0 Å². The number of nitrogens with zero attached hydrogens (tertiary/aromatic N) is 2. The molecule has 0 N–H and O–H groups in total. The van der Waals surface area contributed by atoms with Crippen LogP contribution in [0.15, 0.2) is 30.3 Å². The minimum atomic E-state index is -0.889. The molecule has 0 aromatic heterocycles. The molecule has 8 nitrogen and oxygen atoms in total. The molecular weight excluding hydrogens is 328 g/mol. The molecule has 0 unspecified atom stereocenters. The van der Waals surface area contributed by atoms with Crippen LogP contribution in [0.4, 0.5) is 11.4 Å². The van der Waals surface area contributed by atoms with Crippen LogP contribution in [0.3, 0.4) is 0 Å². The Hall–Kier alpha value is -3.13. The number of nitro groups is 2. The molecule has 3 rings (SSSR count). The second kappa shape index (κ2) is 4.96. The maximum atomic E-state index is 12.5. The minimum Gasteiger partial charge on any atom is -0.289 e. The number of hydrogen-bond acceptors (Lipinski definition) is 6. The topological polar surface area (TPSA) is 120 Å². The normalized spacial score (nSPS) is 11.8. The summed E-state index contributed by atoms with van der Waals surface area (Å²) in [4.78, 5) is 44.5. The number of carbonyl (C=O) groups is 2. The van der Waals surface area contributed by atoms with E-state index in [1.165, 1.54) is 18.2 Å². The Balaban J connectivity index is 2.42. The van der Waals surface area contributed by atoms with Crippen LogP contribution in [0.2, 0.25) is 0 Å². The highest BCUT2D eigenvalue weighted by Gasteiger charge is 2.38. The van der Waals surface area contributed by atoms with E-state index in [0.29, 0.717) is 0 Å². The molecule has 0 atom stereocenters. The maximum absolute atomic E-state index is 12.5. The van der Waals surface area contributed by atoms with E-state index in [0.717, 1.165) is 12.1 Å². The number of rotatable bonds is 3. The van der Waals surface area contributed by atoms with Gasteiger partial charge in [-0.2, -0.15) is 0 Å². The third-order valence-corrected chi connectivity index (χ3v) is 3.73. The molecule has 0 radical (unpaired) electrons. The zero-order valence-electron chi connectivity index (χ0n) is 11.1. The van der Waals surface area contributed by atoms with Gasteiger partial charge in [-0.3, -0.25) is 29.8 Å². The predicted octanol–water partition coefficient (Wildman–Crippen LogP) is 3.09. The molecule has 9 heteroatoms. The predicted molar refractivity (Wildman–Crippen MR) is 78.8 cm³/mol. The summed E-state index contributed by atoms with van der Waals surface area (Å²) < 4.78 is 0. The fourth-order valence-corrected chi connectivity index (χ4v) is 2.78. The SMILES string of the molecule is O=C(Cl)c1cccc2c1C(=O)c1cc([N+](=O)[O-])cc([N+](=O)[O-])c1-2. The van der Waals surface area contributed by atoms with Crippen LogP contribution in [0, 0.1) is 20.2 Å². The summed E-state index contributed by atoms with van der Waals surface area (Å²) in [6, 6.07) is 5.94. The van der Waals surface area contributed by atoms with E-state index < -0.39 is 32.2 Å². The van der Waals surface area contributed by atoms with Crippen LogP contribution in [-0.4, -0.2) is 20.9 Å². The van der Waals surface area contributed by atoms with Crippen molar-refractivity contribution in [1.82, 2.24) is 0 Å². The molecule has 1 aliphatic rings. The highest BCUT2D eigenvalue weighted by molar-refractivity contribution is 6.68. The van der Waals surface area contributed by atoms with Crippen molar-refractivity contribution in [1.29, 1.82) is 0 Å². The summed E-state index contributed by atoms with van der Waals surface area (Å²) in [5, 5.41) is 21.3. The van der Waals surface area contributed by atoms with Gasteiger partial charge in [0.05, 0.1) is 21.5 Å². The molecule has 0 spiro atoms. The first-order valence-corrected chi connectivity index (χ1v) is 6.55. The van der Waals surface area contributed by atoms with Gasteiger partial charge in [0.1, 0.15) is 0 Å². The van der Waals surface area contributed by atoms with Gasteiger partial charge in [-0.05, 0) is 17.7 Å². The fraction of sp³-hybridized carbons (Fsp3) is 0. The number of hydrogen-bond donors (Lipinski definition) is 0. The molecule has 0 heterocycles. The molecule has 2 aromatic carbocycles. The summed E-state index contributed by atoms with van der Waals surface area (Å²) in [5.74, 6) is -0.702. The van der Waals surface area contributed by atoms with Crippen LogP contribution in [0.25, 0.3) is 11.1 Å². The third-order valence-electron chi connectivity index (χ3n) is 3.53. The fourth-order valence-electron chi connectivity index (χ4n) is 2.63. The summed E-state index contributed by atoms with van der Waals surface area (Å²) in [6.45, 7) is 0. The van der Waals surface area contributed by atoms with Gasteiger partial charge in [0.25, 0.3) is 16.6 Å². The zero-order valence-corrected chi connectivity index (χ0v) is 11.9. The summed E-state index contributed by atoms with van der Waals surface area (Å²) in [7, 11) is 0. The number of ketones is 1. The van der Waals surface area contributed by atoms with Gasteiger partial charge in [-0.25, -0.2) is 0 Å². The second-order valence-electron chi connectivity index (χ2n) is 4.73. The Bertz CT molecular complexity index is 937. The van der Waals surface area contributed by atoms with E-state index in [1.54, 1.807) is 0 Å². The molecule has 0 saturated carbocycles. The van der Waals surface area contributed by atoms with Crippen molar-refractivity contribution in [3.05, 3.63) is 67.3 Å². The second-order valence-corrected chi connectivity index (χ2v) is 5.08. The van der Waals surface area contributed by atoms with Crippen molar-refractivity contribution < 1.29 is 19.4 Å². The average Bonchev–Trinajstić information content (AvgIpc) is 2.79. The standard InChI is InChI=1S/C14H5ClN2O6/c15-14(19)8-3-1-2-7-11-9(13(18)12(7)8)4-6(16(20)21)5-10(11)17(22)23/h1-5H. The van der Waals surface area contributed by atoms with Gasteiger partial charge in [0.2, 0.25) is 0 Å². The molecule has 0 bridgehead atoms. The lowest BCUT2D eigenvalue weighted by molar-refractivity contribution is -0.393. The summed E-state index contributed by atoms with van der Waals surface area (Å²) >= 11 is 5.45. The minimum absolute atomic E-state index is 0.0413. The lowest BCUT2D eigenvalue weighted by Gasteiger charge is -2.03. The molecule has 2 aromatic rings. The first-order chi connectivity index (χ1) is 10.8. The lowest BCUT2D eigenvalue weighted by atomic mass is 10.0. The van der Waals surface area contributed by atoms with Crippen molar-refractivity contribution >= 4 is 34.0 Å². The molecule has 0 saturated heterocycles. The van der Waals surface area contributed by atoms with Crippen LogP contribution in [-0.2, 0) is 0 Å². The van der Waals surface area contributed by atoms with E-state index in [9.17, 15) is 29.8 Å². The molecular formula is C14H5ClN2O6. The van der Waals surface area contributed by atoms with Crippen molar-refractivity contribution in [3.8, 4) is 11.1 Å². The Morgan fingerprint density at radius 2 is 1.70 bits per heavy atom. The van der Waals surface area contributed by atoms with Gasteiger partial charge >= 0.3 is 0 Å². The number of non-ortho nitro benzene ring substituents is 1. The van der Waals surface area contributed by atoms with E-state index >= 15 is 0 Å². The van der Waals surface area contributed by atoms with Crippen molar-refractivity contribution in [2.24, 2.45) is 0 Å². The zero-order chi connectivity index (χ0) is 16.9. The first-order valence-electron chi connectivity index (χ1n) is 6.17. The Morgan fingerprint density at radius 3 is 2.26 bits per heavy atom. The number of carbonyl (C=O) groups excluding carboxylic acids is 2. The molecule has 1 aliphatic carbocycles. The van der Waals surface area contributed by atoms with E-state index in [2.05, 4.69) is 0 Å². The monoisotopic (exact) mass is 332 g/mol. The average molecular weight is 333 g/mol. The molecule has 114 valence electrons. The van der Waals surface area contributed by atoms with Gasteiger partial charge in [-0.15, -0.1) is 0 Å². The van der Waals surface area contributed by atoms with Gasteiger partial charge in [0.15, 0.2) is 5.78 Å². The summed E-state index contributed by atoms with van der Waals surface area (Å²) in [5.41, 5.74) is -1.38. The van der Waals surface area contributed by atoms with Crippen molar-refractivity contribution in [2.75, 3.05) is 0 Å². The number of nitro benzene ring substituents is 2. The van der Waals surface area contributed by atoms with Crippen molar-refractivity contribution in [3.63, 3.8) is 0 Å². The van der Waals surface area contributed by atoms with Gasteiger partial charge < -0.3 is 0 Å². The highest BCUT2D eigenvalue weighted by atomic mass is 35.5. The van der Waals surface area contributed by atoms with Crippen molar-refractivity contribution in [2.45, 2.75) is 0 Å². The molecule has 0 fully saturated rings. The third kappa shape index (κ3) is 2.08. The quantitative estimate of drug-likeness (QED) is 0.413. The Kier molecular flexibility index (Phi) is 3.19. The first kappa shape index (κ1) is 14.8. The molecule has 0 aliphatic heterocycles. The highest BCUT2D eigenvalue weighted by Crippen LogP contribution is 2.45. The van der Waals surface area contributed by atoms with Gasteiger partial charge in [0, 0.05) is 28.3 Å². The maximum Gasteiger partial charge on any atom is 0.284 e. The van der Waals surface area contributed by atoms with Crippen LogP contribution < -0.4 is 0 Å². The Labute approximate surface area is 132 Å². The van der Waals surface area contributed by atoms with Crippen LogP contribution >= 0.6 is 11.6 Å². The summed E-state index contributed by atoms with van der Waals surface area (Å²) in [6.07, 6.45) is 0.